The molecule has 0 spiro atoms. The van der Waals surface area contributed by atoms with Crippen LogP contribution in [0.3, 0.4) is 0 Å². The molecule has 2 fully saturated rings. The first-order valence-electron chi connectivity index (χ1n) is 8.24. The topological polar surface area (TPSA) is 53.5 Å². The second kappa shape index (κ2) is 6.64. The molecule has 126 valence electrons. The average Bonchev–Trinajstić information content (AvgIpc) is 3.10. The van der Waals surface area contributed by atoms with Crippen molar-refractivity contribution in [3.8, 4) is 10.6 Å². The van der Waals surface area contributed by atoms with E-state index in [1.807, 2.05) is 26.6 Å². The van der Waals surface area contributed by atoms with E-state index in [2.05, 4.69) is 10.4 Å². The third-order valence-corrected chi connectivity index (χ3v) is 6.15. The fourth-order valence-corrected chi connectivity index (χ4v) is 4.47. The predicted octanol–water partition coefficient (Wildman–Crippen LogP) is 2.49. The van der Waals surface area contributed by atoms with Crippen LogP contribution in [0.1, 0.15) is 18.5 Å². The normalized spacial score (nSPS) is 18.0. The zero-order valence-electron chi connectivity index (χ0n) is 13.3. The van der Waals surface area contributed by atoms with Gasteiger partial charge in [-0.1, -0.05) is 0 Å². The molecule has 1 aliphatic carbocycles. The highest BCUT2D eigenvalue weighted by Gasteiger charge is 2.35. The summed E-state index contributed by atoms with van der Waals surface area (Å²) in [6, 6.07) is 2.05. The molecule has 5 nitrogen and oxygen atoms in total. The first-order chi connectivity index (χ1) is 11.7. The second-order valence-electron chi connectivity index (χ2n) is 6.31. The number of thiophene rings is 1. The Morgan fingerprint density at radius 1 is 1.12 bits per heavy atom. The average molecular weight is 361 g/mol. The molecule has 2 aromatic heterocycles. The van der Waals surface area contributed by atoms with Crippen molar-refractivity contribution in [3.05, 3.63) is 27.9 Å². The molecule has 24 heavy (non-hydrogen) atoms. The van der Waals surface area contributed by atoms with Gasteiger partial charge >= 0.3 is 0 Å². The summed E-state index contributed by atoms with van der Waals surface area (Å²) in [6.07, 6.45) is 2.42. The summed E-state index contributed by atoms with van der Waals surface area (Å²) in [5, 5.41) is 7.04. The summed E-state index contributed by atoms with van der Waals surface area (Å²) in [6.45, 7) is 2.61. The summed E-state index contributed by atoms with van der Waals surface area (Å²) in [5.41, 5.74) is 1.96. The van der Waals surface area contributed by atoms with Gasteiger partial charge in [-0.15, -0.1) is 11.3 Å². The van der Waals surface area contributed by atoms with Gasteiger partial charge in [0.25, 0.3) is 0 Å². The summed E-state index contributed by atoms with van der Waals surface area (Å²) < 4.78 is 0. The molecular weight excluding hydrogens is 342 g/mol. The molecule has 0 bridgehead atoms. The maximum atomic E-state index is 12.5. The lowest BCUT2D eigenvalue weighted by atomic mass is 10.2. The maximum absolute atomic E-state index is 12.5. The zero-order chi connectivity index (χ0) is 16.5. The Hall–Kier alpha value is -1.73. The Labute approximate surface area is 148 Å². The van der Waals surface area contributed by atoms with Crippen LogP contribution in [0, 0.1) is 5.92 Å². The van der Waals surface area contributed by atoms with Gasteiger partial charge < -0.3 is 9.80 Å². The fourth-order valence-electron chi connectivity index (χ4n) is 2.94. The minimum atomic E-state index is 0.107. The molecule has 0 unspecified atom stereocenters. The minimum absolute atomic E-state index is 0.107. The molecule has 3 heterocycles. The molecule has 1 aliphatic heterocycles. The number of carbonyl (C=O) groups excluding carboxylic acids is 2. The largest absolute Gasteiger partial charge is 0.339 e. The quantitative estimate of drug-likeness (QED) is 0.841. The zero-order valence-corrected chi connectivity index (χ0v) is 14.9. The smallest absolute Gasteiger partial charge is 0.228 e. The van der Waals surface area contributed by atoms with Crippen LogP contribution in [0.5, 0.6) is 0 Å². The lowest BCUT2D eigenvalue weighted by Crippen LogP contribution is -2.51. The van der Waals surface area contributed by atoms with E-state index in [0.717, 1.165) is 29.1 Å². The number of aromatic nitrogens is 1. The van der Waals surface area contributed by atoms with Crippen LogP contribution in [0.4, 0.5) is 0 Å². The molecule has 4 rings (SSSR count). The van der Waals surface area contributed by atoms with Crippen molar-refractivity contribution < 1.29 is 9.59 Å². The molecule has 0 atom stereocenters. The Bertz CT molecular complexity index is 729. The summed E-state index contributed by atoms with van der Waals surface area (Å²) in [7, 11) is 0. The van der Waals surface area contributed by atoms with Crippen molar-refractivity contribution in [3.63, 3.8) is 0 Å². The molecule has 0 radical (unpaired) electrons. The van der Waals surface area contributed by atoms with E-state index in [0.29, 0.717) is 32.6 Å². The van der Waals surface area contributed by atoms with E-state index in [1.165, 1.54) is 0 Å². The van der Waals surface area contributed by atoms with Gasteiger partial charge in [-0.2, -0.15) is 11.3 Å². The molecule has 1 saturated carbocycles. The molecule has 0 aromatic carbocycles. The van der Waals surface area contributed by atoms with Gasteiger partial charge in [0, 0.05) is 48.4 Å². The molecule has 7 heteroatoms. The molecule has 2 aliphatic rings. The number of amides is 2. The van der Waals surface area contributed by atoms with Crippen molar-refractivity contribution in [2.75, 3.05) is 26.2 Å². The Kier molecular flexibility index (Phi) is 4.37. The van der Waals surface area contributed by atoms with Crippen LogP contribution in [-0.4, -0.2) is 52.8 Å². The van der Waals surface area contributed by atoms with E-state index >= 15 is 0 Å². The van der Waals surface area contributed by atoms with Gasteiger partial charge in [0.1, 0.15) is 5.01 Å². The SMILES string of the molecule is O=C(Cc1csc(-c2ccsc2)n1)N1CCN(C(=O)C2CC2)CC1. The monoisotopic (exact) mass is 361 g/mol. The van der Waals surface area contributed by atoms with E-state index in [4.69, 9.17) is 0 Å². The van der Waals surface area contributed by atoms with Gasteiger partial charge in [0.05, 0.1) is 12.1 Å². The van der Waals surface area contributed by atoms with Crippen LogP contribution in [-0.2, 0) is 16.0 Å². The summed E-state index contributed by atoms with van der Waals surface area (Å²) >= 11 is 3.23. The lowest BCUT2D eigenvalue weighted by molar-refractivity contribution is -0.140. The standard InChI is InChI=1S/C17H19N3O2S2/c21-15(9-14-11-24-16(18-14)13-3-8-23-10-13)19-4-6-20(7-5-19)17(22)12-1-2-12/h3,8,10-12H,1-2,4-7,9H2. The molecule has 2 aromatic rings. The van der Waals surface area contributed by atoms with Crippen molar-refractivity contribution in [1.29, 1.82) is 0 Å². The van der Waals surface area contributed by atoms with Crippen molar-refractivity contribution >= 4 is 34.5 Å². The van der Waals surface area contributed by atoms with Gasteiger partial charge in [0.15, 0.2) is 0 Å². The third-order valence-electron chi connectivity index (χ3n) is 4.52. The van der Waals surface area contributed by atoms with Crippen LogP contribution in [0.25, 0.3) is 10.6 Å². The van der Waals surface area contributed by atoms with Gasteiger partial charge in [-0.05, 0) is 24.3 Å². The number of piperazine rings is 1. The van der Waals surface area contributed by atoms with E-state index in [1.54, 1.807) is 22.7 Å². The first-order valence-corrected chi connectivity index (χ1v) is 10.1. The molecule has 2 amide bonds. The maximum Gasteiger partial charge on any atom is 0.228 e. The minimum Gasteiger partial charge on any atom is -0.339 e. The molecule has 0 N–H and O–H groups in total. The Morgan fingerprint density at radius 3 is 2.54 bits per heavy atom. The van der Waals surface area contributed by atoms with Gasteiger partial charge in [-0.3, -0.25) is 9.59 Å². The predicted molar refractivity (Wildman–Crippen MR) is 95.0 cm³/mol. The third kappa shape index (κ3) is 3.37. The van der Waals surface area contributed by atoms with Crippen LogP contribution in [0.2, 0.25) is 0 Å². The number of rotatable bonds is 4. The Balaban J connectivity index is 1.31. The highest BCUT2D eigenvalue weighted by atomic mass is 32.1. The molecule has 1 saturated heterocycles. The summed E-state index contributed by atoms with van der Waals surface area (Å²) in [4.78, 5) is 32.9. The van der Waals surface area contributed by atoms with E-state index in [9.17, 15) is 9.59 Å². The highest BCUT2D eigenvalue weighted by Crippen LogP contribution is 2.31. The highest BCUT2D eigenvalue weighted by molar-refractivity contribution is 7.14. The van der Waals surface area contributed by atoms with Crippen molar-refractivity contribution in [1.82, 2.24) is 14.8 Å². The molecular formula is C17H19N3O2S2. The number of thiazole rings is 1. The number of nitrogens with zero attached hydrogens (tertiary/aromatic N) is 3. The van der Waals surface area contributed by atoms with E-state index < -0.39 is 0 Å². The van der Waals surface area contributed by atoms with Crippen LogP contribution >= 0.6 is 22.7 Å². The van der Waals surface area contributed by atoms with E-state index in [-0.39, 0.29) is 17.7 Å². The lowest BCUT2D eigenvalue weighted by Gasteiger charge is -2.34. The van der Waals surface area contributed by atoms with Crippen LogP contribution in [0.15, 0.2) is 22.2 Å². The number of carbonyl (C=O) groups is 2. The van der Waals surface area contributed by atoms with Crippen molar-refractivity contribution in [2.45, 2.75) is 19.3 Å². The Morgan fingerprint density at radius 2 is 1.88 bits per heavy atom. The van der Waals surface area contributed by atoms with Gasteiger partial charge in [-0.25, -0.2) is 4.98 Å². The number of hydrogen-bond donors (Lipinski definition) is 0. The first kappa shape index (κ1) is 15.8. The van der Waals surface area contributed by atoms with Crippen molar-refractivity contribution in [2.24, 2.45) is 5.92 Å². The fraction of sp³-hybridized carbons (Fsp3) is 0.471. The second-order valence-corrected chi connectivity index (χ2v) is 7.95. The van der Waals surface area contributed by atoms with Gasteiger partial charge in [0.2, 0.25) is 11.8 Å². The van der Waals surface area contributed by atoms with Crippen LogP contribution < -0.4 is 0 Å². The number of hydrogen-bond acceptors (Lipinski definition) is 5. The summed E-state index contributed by atoms with van der Waals surface area (Å²) in [5.74, 6) is 0.649.